The number of hydrogen-bond donors (Lipinski definition) is 5. The lowest BCUT2D eigenvalue weighted by Gasteiger charge is -2.29. The molecule has 0 rings (SSSR count). The predicted octanol–water partition coefficient (Wildman–Crippen LogP) is 7.29. The van der Waals surface area contributed by atoms with Crippen LogP contribution >= 0.6 is 0 Å². The van der Waals surface area contributed by atoms with Gasteiger partial charge in [0.1, 0.15) is 18.1 Å². The first kappa shape index (κ1) is 43.5. The Kier molecular flexibility index (Phi) is 28.3. The van der Waals surface area contributed by atoms with Gasteiger partial charge in [-0.15, -0.1) is 0 Å². The minimum absolute atomic E-state index is 0.0800. The molecule has 10 heteroatoms. The zero-order chi connectivity index (χ0) is 34.4. The lowest BCUT2D eigenvalue weighted by Crippen LogP contribution is -2.44. The zero-order valence-electron chi connectivity index (χ0n) is 29.1. The summed E-state index contributed by atoms with van der Waals surface area (Å²) in [6.07, 6.45) is 26.4. The lowest BCUT2D eigenvalue weighted by atomic mass is 10.0. The van der Waals surface area contributed by atoms with Crippen LogP contribution in [0.1, 0.15) is 162 Å². The number of carbonyl (C=O) groups excluding carboxylic acids is 1. The molecule has 0 aromatic heterocycles. The summed E-state index contributed by atoms with van der Waals surface area (Å²) < 4.78 is 0. The Bertz CT molecular complexity index is 812. The highest BCUT2D eigenvalue weighted by Gasteiger charge is 2.26. The number of nitrogens with zero attached hydrogens (tertiary/aromatic N) is 1. The molecule has 1 amide bonds. The third-order valence-electron chi connectivity index (χ3n) is 8.59. The molecule has 0 spiro atoms. The Morgan fingerprint density at radius 3 is 1.41 bits per heavy atom. The van der Waals surface area contributed by atoms with Gasteiger partial charge in [0.25, 0.3) is 0 Å². The highest BCUT2D eigenvalue weighted by molar-refractivity contribution is 5.85. The maximum Gasteiger partial charge on any atom is 0.330 e. The molecule has 6 N–H and O–H groups in total. The van der Waals surface area contributed by atoms with Crippen molar-refractivity contribution < 1.29 is 34.5 Å². The van der Waals surface area contributed by atoms with Gasteiger partial charge in [0.2, 0.25) is 5.91 Å². The van der Waals surface area contributed by atoms with Gasteiger partial charge in [-0.1, -0.05) is 142 Å². The third-order valence-corrected chi connectivity index (χ3v) is 8.59. The lowest BCUT2D eigenvalue weighted by molar-refractivity contribution is -0.144. The molecule has 0 aliphatic heterocycles. The van der Waals surface area contributed by atoms with Crippen LogP contribution in [0.5, 0.6) is 0 Å². The van der Waals surface area contributed by atoms with Gasteiger partial charge in [0.05, 0.1) is 0 Å². The molecule has 268 valence electrons. The van der Waals surface area contributed by atoms with E-state index in [1.165, 1.54) is 102 Å². The van der Waals surface area contributed by atoms with Gasteiger partial charge in [-0.25, -0.2) is 4.79 Å². The Balaban J connectivity index is 4.96. The van der Waals surface area contributed by atoms with Crippen molar-refractivity contribution in [2.24, 2.45) is 5.73 Å². The summed E-state index contributed by atoms with van der Waals surface area (Å²) in [4.78, 5) is 49.5. The van der Waals surface area contributed by atoms with E-state index in [0.29, 0.717) is 13.1 Å². The Morgan fingerprint density at radius 1 is 0.630 bits per heavy atom. The van der Waals surface area contributed by atoms with Crippen LogP contribution in [0.4, 0.5) is 0 Å². The van der Waals surface area contributed by atoms with Crippen LogP contribution < -0.4 is 11.1 Å². The van der Waals surface area contributed by atoms with Crippen LogP contribution in [0.15, 0.2) is 12.2 Å². The topological polar surface area (TPSA) is 170 Å². The molecule has 0 saturated carbocycles. The standard InChI is InChI=1S/C36H67N3O7/c1-3-5-7-9-11-13-15-17-19-21-28-39(29-22-20-18-16-14-12-10-8-6-4-2)32(36(45)46)26-27-33(40)38-31(35(43)44)25-23-24-30(37)34(41)42/h23,25,30-32H,3-22,24,26-29,37H2,1-2H3,(H,38,40)(H,41,42)(H,43,44)(H,45,46)/b25-23+/t30-,31+,32-/m1/s1. The van der Waals surface area contributed by atoms with E-state index in [1.807, 2.05) is 4.90 Å². The molecule has 0 aromatic rings. The Labute approximate surface area is 279 Å². The first-order valence-corrected chi connectivity index (χ1v) is 18.3. The van der Waals surface area contributed by atoms with E-state index in [2.05, 4.69) is 19.2 Å². The van der Waals surface area contributed by atoms with Crippen molar-refractivity contribution in [3.05, 3.63) is 12.2 Å². The molecule has 0 heterocycles. The largest absolute Gasteiger partial charge is 0.480 e. The van der Waals surface area contributed by atoms with Crippen molar-refractivity contribution in [3.8, 4) is 0 Å². The van der Waals surface area contributed by atoms with E-state index in [1.54, 1.807) is 0 Å². The maximum atomic E-state index is 12.7. The second-order valence-electron chi connectivity index (χ2n) is 12.8. The van der Waals surface area contributed by atoms with Gasteiger partial charge < -0.3 is 26.4 Å². The number of carboxylic acids is 3. The number of hydrogen-bond acceptors (Lipinski definition) is 6. The van der Waals surface area contributed by atoms with Gasteiger partial charge in [-0.05, 0) is 38.8 Å². The number of rotatable bonds is 33. The van der Waals surface area contributed by atoms with E-state index in [0.717, 1.165) is 38.5 Å². The normalized spacial score (nSPS) is 13.6. The number of carboxylic acid groups (broad SMARTS) is 3. The molecule has 0 radical (unpaired) electrons. The van der Waals surface area contributed by atoms with Gasteiger partial charge in [0, 0.05) is 6.42 Å². The summed E-state index contributed by atoms with van der Waals surface area (Å²) in [6.45, 7) is 5.78. The molecule has 0 aromatic carbocycles. The molecule has 0 fully saturated rings. The fraction of sp³-hybridized carbons (Fsp3) is 0.833. The highest BCUT2D eigenvalue weighted by atomic mass is 16.4. The van der Waals surface area contributed by atoms with Gasteiger partial charge >= 0.3 is 17.9 Å². The number of aliphatic carboxylic acids is 3. The van der Waals surface area contributed by atoms with Crippen LogP contribution in [0.25, 0.3) is 0 Å². The van der Waals surface area contributed by atoms with Crippen LogP contribution in [0.3, 0.4) is 0 Å². The second kappa shape index (κ2) is 29.9. The summed E-state index contributed by atoms with van der Waals surface area (Å²) in [6, 6.07) is -3.35. The summed E-state index contributed by atoms with van der Waals surface area (Å²) in [5, 5.41) is 30.9. The van der Waals surface area contributed by atoms with Crippen LogP contribution in [-0.2, 0) is 19.2 Å². The number of carbonyl (C=O) groups is 4. The molecular formula is C36H67N3O7. The van der Waals surface area contributed by atoms with Gasteiger partial charge in [0.15, 0.2) is 0 Å². The Hall–Kier alpha value is -2.46. The third kappa shape index (κ3) is 24.7. The Morgan fingerprint density at radius 2 is 1.04 bits per heavy atom. The quantitative estimate of drug-likeness (QED) is 0.0360. The van der Waals surface area contributed by atoms with Crippen LogP contribution in [0, 0.1) is 0 Å². The van der Waals surface area contributed by atoms with Gasteiger partial charge in [-0.2, -0.15) is 0 Å². The molecular weight excluding hydrogens is 586 g/mol. The van der Waals surface area contributed by atoms with Crippen LogP contribution in [-0.4, -0.2) is 75.2 Å². The second-order valence-corrected chi connectivity index (χ2v) is 12.8. The van der Waals surface area contributed by atoms with Gasteiger partial charge in [-0.3, -0.25) is 19.3 Å². The van der Waals surface area contributed by atoms with Crippen molar-refractivity contribution in [2.45, 2.75) is 180 Å². The maximum absolute atomic E-state index is 12.7. The minimum atomic E-state index is -1.36. The molecule has 0 unspecified atom stereocenters. The van der Waals surface area contributed by atoms with E-state index in [4.69, 9.17) is 10.8 Å². The smallest absolute Gasteiger partial charge is 0.330 e. The summed E-state index contributed by atoms with van der Waals surface area (Å²) in [7, 11) is 0. The first-order valence-electron chi connectivity index (χ1n) is 18.3. The SMILES string of the molecule is CCCCCCCCCCCCN(CCCCCCCCCCCC)[C@H](CCC(=O)N[C@@H](/C=C/C[C@@H](N)C(=O)O)C(=O)O)C(=O)O. The molecule has 3 atom stereocenters. The summed E-state index contributed by atoms with van der Waals surface area (Å²) >= 11 is 0. The van der Waals surface area contributed by atoms with E-state index < -0.39 is 41.9 Å². The molecule has 0 aliphatic carbocycles. The number of nitrogens with two attached hydrogens (primary N) is 1. The zero-order valence-corrected chi connectivity index (χ0v) is 29.1. The fourth-order valence-electron chi connectivity index (χ4n) is 5.66. The average Bonchev–Trinajstić information content (AvgIpc) is 3.01. The van der Waals surface area contributed by atoms with Crippen molar-refractivity contribution in [1.29, 1.82) is 0 Å². The molecule has 0 aliphatic rings. The van der Waals surface area contributed by atoms with Crippen molar-refractivity contribution in [1.82, 2.24) is 10.2 Å². The number of nitrogens with one attached hydrogen (secondary N) is 1. The fourth-order valence-corrected chi connectivity index (χ4v) is 5.66. The monoisotopic (exact) mass is 653 g/mol. The van der Waals surface area contributed by atoms with E-state index >= 15 is 0 Å². The summed E-state index contributed by atoms with van der Waals surface area (Å²) in [5.74, 6) is -4.04. The van der Waals surface area contributed by atoms with Crippen molar-refractivity contribution >= 4 is 23.8 Å². The summed E-state index contributed by atoms with van der Waals surface area (Å²) in [5.41, 5.74) is 5.44. The predicted molar refractivity (Wildman–Crippen MR) is 185 cm³/mol. The molecule has 10 nitrogen and oxygen atoms in total. The van der Waals surface area contributed by atoms with Crippen molar-refractivity contribution in [2.75, 3.05) is 13.1 Å². The molecule has 0 saturated heterocycles. The molecule has 46 heavy (non-hydrogen) atoms. The van der Waals surface area contributed by atoms with E-state index in [9.17, 15) is 29.4 Å². The van der Waals surface area contributed by atoms with E-state index in [-0.39, 0.29) is 19.3 Å². The number of amides is 1. The van der Waals surface area contributed by atoms with Crippen molar-refractivity contribution in [3.63, 3.8) is 0 Å². The highest BCUT2D eigenvalue weighted by Crippen LogP contribution is 2.16. The number of unbranched alkanes of at least 4 members (excludes halogenated alkanes) is 18. The minimum Gasteiger partial charge on any atom is -0.480 e. The molecule has 0 bridgehead atoms. The first-order chi connectivity index (χ1) is 22.1. The van der Waals surface area contributed by atoms with Crippen LogP contribution in [0.2, 0.25) is 0 Å². The average molecular weight is 654 g/mol.